The lowest BCUT2D eigenvalue weighted by atomic mass is 10.3. The minimum atomic E-state index is 0.355. The average molecular weight is 245 g/mol. The molecule has 1 aromatic rings. The van der Waals surface area contributed by atoms with Crippen LogP contribution < -0.4 is 11.1 Å². The van der Waals surface area contributed by atoms with Crippen LogP contribution in [-0.4, -0.2) is 16.0 Å². The van der Waals surface area contributed by atoms with Gasteiger partial charge in [0.1, 0.15) is 10.4 Å². The summed E-state index contributed by atoms with van der Waals surface area (Å²) in [6.07, 6.45) is 1.02. The summed E-state index contributed by atoms with van der Waals surface area (Å²) in [6, 6.07) is 2.02. The number of halogens is 1. The highest BCUT2D eigenvalue weighted by molar-refractivity contribution is 9.10. The van der Waals surface area contributed by atoms with Gasteiger partial charge in [0, 0.05) is 12.1 Å². The second-order valence-electron chi connectivity index (χ2n) is 2.89. The normalized spacial score (nSPS) is 12.5. The van der Waals surface area contributed by atoms with Crippen LogP contribution in [0.4, 0.5) is 11.8 Å². The maximum Gasteiger partial charge on any atom is 0.225 e. The minimum Gasteiger partial charge on any atom is -0.383 e. The fourth-order valence-electron chi connectivity index (χ4n) is 0.822. The maximum atomic E-state index is 5.56. The van der Waals surface area contributed by atoms with Crippen LogP contribution in [0.5, 0.6) is 0 Å². The Morgan fingerprint density at radius 3 is 2.85 bits per heavy atom. The molecule has 0 fully saturated rings. The molecule has 3 N–H and O–H groups in total. The van der Waals surface area contributed by atoms with Crippen LogP contribution in [0, 0.1) is 0 Å². The van der Waals surface area contributed by atoms with Gasteiger partial charge in [0.05, 0.1) is 0 Å². The molecule has 1 rings (SSSR count). The summed E-state index contributed by atoms with van der Waals surface area (Å²) in [6.45, 7) is 4.17. The Balaban J connectivity index is 2.77. The first-order valence-corrected chi connectivity index (χ1v) is 4.97. The van der Waals surface area contributed by atoms with E-state index in [2.05, 4.69) is 45.1 Å². The van der Waals surface area contributed by atoms with Crippen molar-refractivity contribution >= 4 is 27.7 Å². The molecule has 0 radical (unpaired) electrons. The molecular weight excluding hydrogens is 232 g/mol. The van der Waals surface area contributed by atoms with Crippen molar-refractivity contribution in [3.8, 4) is 0 Å². The second-order valence-corrected chi connectivity index (χ2v) is 3.71. The van der Waals surface area contributed by atoms with Crippen LogP contribution in [0.1, 0.15) is 20.3 Å². The number of rotatable bonds is 3. The smallest absolute Gasteiger partial charge is 0.225 e. The zero-order valence-electron chi connectivity index (χ0n) is 7.71. The van der Waals surface area contributed by atoms with Crippen molar-refractivity contribution in [1.29, 1.82) is 0 Å². The maximum absolute atomic E-state index is 5.56. The number of nitrogens with two attached hydrogens (primary N) is 1. The molecule has 0 aliphatic rings. The summed E-state index contributed by atoms with van der Waals surface area (Å²) in [5.74, 6) is 1.04. The lowest BCUT2D eigenvalue weighted by molar-refractivity contribution is 0.752. The SMILES string of the molecule is CCC(C)Nc1nc(N)cc(Br)n1. The molecule has 5 heteroatoms. The molecule has 0 saturated heterocycles. The molecule has 0 aliphatic heterocycles. The van der Waals surface area contributed by atoms with Gasteiger partial charge in [-0.25, -0.2) is 4.98 Å². The molecule has 1 atom stereocenters. The molecule has 0 saturated carbocycles. The predicted molar refractivity (Wildman–Crippen MR) is 57.5 cm³/mol. The van der Waals surface area contributed by atoms with Gasteiger partial charge < -0.3 is 11.1 Å². The quantitative estimate of drug-likeness (QED) is 0.800. The summed E-state index contributed by atoms with van der Waals surface area (Å²) < 4.78 is 0.700. The van der Waals surface area contributed by atoms with Crippen molar-refractivity contribution in [3.05, 3.63) is 10.7 Å². The van der Waals surface area contributed by atoms with Crippen LogP contribution in [0.3, 0.4) is 0 Å². The fourth-order valence-corrected chi connectivity index (χ4v) is 1.22. The number of nitrogen functional groups attached to an aromatic ring is 1. The summed E-state index contributed by atoms with van der Waals surface area (Å²) in [7, 11) is 0. The minimum absolute atomic E-state index is 0.355. The van der Waals surface area contributed by atoms with Gasteiger partial charge in [0.2, 0.25) is 5.95 Å². The number of aromatic nitrogens is 2. The van der Waals surface area contributed by atoms with Gasteiger partial charge in [-0.15, -0.1) is 0 Å². The molecule has 13 heavy (non-hydrogen) atoms. The average Bonchev–Trinajstić information content (AvgIpc) is 2.02. The van der Waals surface area contributed by atoms with E-state index in [0.717, 1.165) is 6.42 Å². The van der Waals surface area contributed by atoms with E-state index >= 15 is 0 Å². The monoisotopic (exact) mass is 244 g/mol. The van der Waals surface area contributed by atoms with Gasteiger partial charge >= 0.3 is 0 Å². The lowest BCUT2D eigenvalue weighted by Gasteiger charge is -2.11. The number of hydrogen-bond donors (Lipinski definition) is 2. The van der Waals surface area contributed by atoms with Crippen molar-refractivity contribution < 1.29 is 0 Å². The molecule has 0 amide bonds. The number of nitrogens with zero attached hydrogens (tertiary/aromatic N) is 2. The first-order valence-electron chi connectivity index (χ1n) is 4.18. The van der Waals surface area contributed by atoms with Crippen LogP contribution in [0.15, 0.2) is 10.7 Å². The predicted octanol–water partition coefficient (Wildman–Crippen LogP) is 2.03. The highest BCUT2D eigenvalue weighted by Crippen LogP contribution is 2.13. The van der Waals surface area contributed by atoms with Crippen molar-refractivity contribution in [2.24, 2.45) is 0 Å². The van der Waals surface area contributed by atoms with E-state index in [4.69, 9.17) is 5.73 Å². The van der Waals surface area contributed by atoms with Crippen LogP contribution in [0.2, 0.25) is 0 Å². The Kier molecular flexibility index (Phi) is 3.48. The van der Waals surface area contributed by atoms with E-state index in [-0.39, 0.29) is 0 Å². The van der Waals surface area contributed by atoms with E-state index in [9.17, 15) is 0 Å². The standard InChI is InChI=1S/C8H13BrN4/c1-3-5(2)11-8-12-6(9)4-7(10)13-8/h4-5H,3H2,1-2H3,(H3,10,11,12,13). The van der Waals surface area contributed by atoms with Crippen molar-refractivity contribution in [3.63, 3.8) is 0 Å². The molecule has 72 valence electrons. The van der Waals surface area contributed by atoms with E-state index in [1.54, 1.807) is 6.07 Å². The molecule has 1 aromatic heterocycles. The Morgan fingerprint density at radius 2 is 2.31 bits per heavy atom. The van der Waals surface area contributed by atoms with E-state index in [0.29, 0.717) is 22.4 Å². The van der Waals surface area contributed by atoms with Crippen LogP contribution >= 0.6 is 15.9 Å². The molecule has 4 nitrogen and oxygen atoms in total. The molecule has 1 heterocycles. The molecular formula is C8H13BrN4. The van der Waals surface area contributed by atoms with Gasteiger partial charge in [-0.05, 0) is 29.3 Å². The Bertz CT molecular complexity index is 269. The highest BCUT2D eigenvalue weighted by Gasteiger charge is 2.03. The van der Waals surface area contributed by atoms with Crippen LogP contribution in [-0.2, 0) is 0 Å². The van der Waals surface area contributed by atoms with Crippen molar-refractivity contribution in [2.75, 3.05) is 11.1 Å². The third-order valence-corrected chi connectivity index (χ3v) is 2.11. The fraction of sp³-hybridized carbons (Fsp3) is 0.500. The summed E-state index contributed by atoms with van der Waals surface area (Å²) >= 11 is 3.25. The summed E-state index contributed by atoms with van der Waals surface area (Å²) in [4.78, 5) is 8.18. The topological polar surface area (TPSA) is 63.8 Å². The largest absolute Gasteiger partial charge is 0.383 e. The number of anilines is 2. The van der Waals surface area contributed by atoms with Crippen molar-refractivity contribution in [2.45, 2.75) is 26.3 Å². The molecule has 0 bridgehead atoms. The Labute approximate surface area is 86.1 Å². The molecule has 0 spiro atoms. The molecule has 0 aromatic carbocycles. The van der Waals surface area contributed by atoms with Gasteiger partial charge in [0.15, 0.2) is 0 Å². The van der Waals surface area contributed by atoms with E-state index in [1.807, 2.05) is 0 Å². The first-order chi connectivity index (χ1) is 6.11. The number of nitrogens with one attached hydrogen (secondary N) is 1. The van der Waals surface area contributed by atoms with Gasteiger partial charge in [-0.1, -0.05) is 6.92 Å². The first kappa shape index (κ1) is 10.2. The zero-order valence-corrected chi connectivity index (χ0v) is 9.30. The Hall–Kier alpha value is -0.840. The highest BCUT2D eigenvalue weighted by atomic mass is 79.9. The van der Waals surface area contributed by atoms with Gasteiger partial charge in [-0.2, -0.15) is 4.98 Å². The summed E-state index contributed by atoms with van der Waals surface area (Å²) in [5.41, 5.74) is 5.56. The molecule has 0 aliphatic carbocycles. The van der Waals surface area contributed by atoms with Gasteiger partial charge in [-0.3, -0.25) is 0 Å². The third kappa shape index (κ3) is 3.18. The zero-order chi connectivity index (χ0) is 9.84. The molecule has 1 unspecified atom stereocenters. The van der Waals surface area contributed by atoms with E-state index < -0.39 is 0 Å². The van der Waals surface area contributed by atoms with Gasteiger partial charge in [0.25, 0.3) is 0 Å². The Morgan fingerprint density at radius 1 is 1.62 bits per heavy atom. The summed E-state index contributed by atoms with van der Waals surface area (Å²) in [5, 5.41) is 3.14. The third-order valence-electron chi connectivity index (χ3n) is 1.70. The van der Waals surface area contributed by atoms with Crippen LogP contribution in [0.25, 0.3) is 0 Å². The lowest BCUT2D eigenvalue weighted by Crippen LogP contribution is -2.16. The van der Waals surface area contributed by atoms with Crippen molar-refractivity contribution in [1.82, 2.24) is 9.97 Å². The second kappa shape index (κ2) is 4.41. The number of hydrogen-bond acceptors (Lipinski definition) is 4. The van der Waals surface area contributed by atoms with E-state index in [1.165, 1.54) is 0 Å².